The first kappa shape index (κ1) is 63.2. The van der Waals surface area contributed by atoms with Crippen molar-refractivity contribution in [3.8, 4) is 11.5 Å². The molecular formula is C69H68O18. The Hall–Kier alpha value is -9.84. The largest absolute Gasteiger partial charge is 0.497 e. The number of ether oxygens (including phenoxy) is 10. The van der Waals surface area contributed by atoms with E-state index in [1.54, 1.807) is 78.3 Å². The summed E-state index contributed by atoms with van der Waals surface area (Å²) < 4.78 is 54.6. The van der Waals surface area contributed by atoms with Crippen LogP contribution in [0.3, 0.4) is 0 Å². The number of carbonyl (C=O) groups excluding carboxylic acids is 8. The molecule has 0 aliphatic carbocycles. The minimum atomic E-state index is -1.98. The standard InChI is InChI=1S/C69H68O18/c1-41-9-11-53-27-47(13-17-51(53)25-41)43(3)65(74)80-33-61(70)84-37-69(38-85-62(71)34-81-66(75)44(4)48-14-18-52-26-42(2)10-12-54(52)28-48,39-86-63(72)35-82-67(76)45(5)49-15-19-57-31-59(78-7)23-21-55(57)29-49)40-87-64(73)36-83-68(77)46(6)50-16-20-58-32-60(79-8)24-22-56(58)30-50/h9-32,43-46H,33-40H2,1-8H3/t43-,44+,45-,46+,69?. The number of fused-ring (bicyclic) bond motifs is 4. The van der Waals surface area contributed by atoms with Gasteiger partial charge in [-0.3, -0.25) is 19.2 Å². The van der Waals surface area contributed by atoms with Crippen LogP contribution in [0.25, 0.3) is 43.1 Å². The van der Waals surface area contributed by atoms with Crippen LogP contribution in [0.5, 0.6) is 11.5 Å². The van der Waals surface area contributed by atoms with Gasteiger partial charge in [0.2, 0.25) is 0 Å². The van der Waals surface area contributed by atoms with Crippen molar-refractivity contribution in [3.05, 3.63) is 179 Å². The summed E-state index contributed by atoms with van der Waals surface area (Å²) >= 11 is 0. The molecule has 8 aromatic carbocycles. The van der Waals surface area contributed by atoms with Crippen molar-refractivity contribution in [1.82, 2.24) is 0 Å². The Balaban J connectivity index is 0.972. The maximum absolute atomic E-state index is 13.5. The van der Waals surface area contributed by atoms with Gasteiger partial charge in [-0.1, -0.05) is 132 Å². The molecule has 0 bridgehead atoms. The van der Waals surface area contributed by atoms with Crippen molar-refractivity contribution in [1.29, 1.82) is 0 Å². The summed E-state index contributed by atoms with van der Waals surface area (Å²) in [6, 6.07) is 44.5. The zero-order valence-electron chi connectivity index (χ0n) is 49.7. The van der Waals surface area contributed by atoms with Gasteiger partial charge in [0.15, 0.2) is 26.4 Å². The van der Waals surface area contributed by atoms with Crippen molar-refractivity contribution >= 4 is 90.8 Å². The zero-order valence-corrected chi connectivity index (χ0v) is 49.7. The van der Waals surface area contributed by atoms with Gasteiger partial charge in [0.05, 0.1) is 37.9 Å². The Morgan fingerprint density at radius 3 is 0.805 bits per heavy atom. The molecule has 87 heavy (non-hydrogen) atoms. The normalized spacial score (nSPS) is 13.2. The van der Waals surface area contributed by atoms with E-state index in [1.165, 1.54) is 0 Å². The van der Waals surface area contributed by atoms with Crippen LogP contribution in [-0.2, 0) is 76.3 Å². The third-order valence-electron chi connectivity index (χ3n) is 15.1. The summed E-state index contributed by atoms with van der Waals surface area (Å²) in [7, 11) is 3.11. The SMILES string of the molecule is COc1ccc2cc([C@H](C)C(=O)OCC(=O)OCC(COC(=O)COC(=O)[C@@H](C)c3ccc4cc(C)ccc4c3)(COC(=O)COC(=O)[C@H](C)c3ccc4cc(C)ccc4c3)COC(=O)COC(=O)[C@H](C)c3ccc4cc(OC)ccc4c3)ccc2c1. The highest BCUT2D eigenvalue weighted by Gasteiger charge is 2.39. The average Bonchev–Trinajstić information content (AvgIpc) is 3.74. The van der Waals surface area contributed by atoms with Gasteiger partial charge in [-0.25, -0.2) is 19.2 Å². The molecule has 8 rings (SSSR count). The molecule has 0 fully saturated rings. The zero-order chi connectivity index (χ0) is 62.4. The van der Waals surface area contributed by atoms with Crippen molar-refractivity contribution in [3.63, 3.8) is 0 Å². The maximum atomic E-state index is 13.5. The quantitative estimate of drug-likeness (QED) is 0.0362. The highest BCUT2D eigenvalue weighted by molar-refractivity contribution is 5.91. The van der Waals surface area contributed by atoms with E-state index in [-0.39, 0.29) is 0 Å². The average molecular weight is 1190 g/mol. The van der Waals surface area contributed by atoms with Crippen LogP contribution < -0.4 is 9.47 Å². The minimum absolute atomic E-state index is 0.596. The monoisotopic (exact) mass is 1180 g/mol. The maximum Gasteiger partial charge on any atom is 0.344 e. The fourth-order valence-corrected chi connectivity index (χ4v) is 9.50. The predicted molar refractivity (Wildman–Crippen MR) is 322 cm³/mol. The van der Waals surface area contributed by atoms with Crippen LogP contribution in [0.2, 0.25) is 0 Å². The molecule has 0 aliphatic heterocycles. The summed E-state index contributed by atoms with van der Waals surface area (Å²) in [4.78, 5) is 108. The predicted octanol–water partition coefficient (Wildman–Crippen LogP) is 10.8. The van der Waals surface area contributed by atoms with Crippen molar-refractivity contribution in [2.24, 2.45) is 5.41 Å². The molecule has 18 heteroatoms. The number of hydrogen-bond acceptors (Lipinski definition) is 18. The molecule has 0 saturated heterocycles. The smallest absolute Gasteiger partial charge is 0.344 e. The highest BCUT2D eigenvalue weighted by atomic mass is 16.6. The van der Waals surface area contributed by atoms with E-state index in [0.29, 0.717) is 33.8 Å². The summed E-state index contributed by atoms with van der Waals surface area (Å²) in [6.45, 7) is 3.46. The molecule has 0 radical (unpaired) electrons. The van der Waals surface area contributed by atoms with E-state index in [2.05, 4.69) is 0 Å². The summed E-state index contributed by atoms with van der Waals surface area (Å²) in [5, 5.41) is 7.13. The van der Waals surface area contributed by atoms with Crippen molar-refractivity contribution in [2.45, 2.75) is 65.2 Å². The molecule has 452 valence electrons. The number of aryl methyl sites for hydroxylation is 2. The first-order valence-corrected chi connectivity index (χ1v) is 28.2. The van der Waals surface area contributed by atoms with Crippen molar-refractivity contribution in [2.75, 3.05) is 67.1 Å². The van der Waals surface area contributed by atoms with E-state index in [4.69, 9.17) is 47.4 Å². The van der Waals surface area contributed by atoms with Crippen LogP contribution in [0, 0.1) is 19.3 Å². The Labute approximate surface area is 502 Å². The first-order valence-electron chi connectivity index (χ1n) is 28.2. The Kier molecular flexibility index (Phi) is 20.9. The lowest BCUT2D eigenvalue weighted by Gasteiger charge is -2.31. The van der Waals surface area contributed by atoms with Crippen LogP contribution in [-0.4, -0.2) is 115 Å². The summed E-state index contributed by atoms with van der Waals surface area (Å²) in [5.74, 6) is -9.44. The highest BCUT2D eigenvalue weighted by Crippen LogP contribution is 2.30. The van der Waals surface area contributed by atoms with Gasteiger partial charge in [0.1, 0.15) is 43.3 Å². The first-order chi connectivity index (χ1) is 41.7. The topological polar surface area (TPSA) is 229 Å². The molecule has 5 atom stereocenters. The molecule has 18 nitrogen and oxygen atoms in total. The summed E-state index contributed by atoms with van der Waals surface area (Å²) in [5.41, 5.74) is 2.60. The lowest BCUT2D eigenvalue weighted by Crippen LogP contribution is -2.45. The van der Waals surface area contributed by atoms with Gasteiger partial charge in [0.25, 0.3) is 0 Å². The fourth-order valence-electron chi connectivity index (χ4n) is 9.50. The lowest BCUT2D eigenvalue weighted by atomic mass is 9.92. The second-order valence-corrected chi connectivity index (χ2v) is 21.6. The molecular weight excluding hydrogens is 1120 g/mol. The molecule has 0 aliphatic rings. The number of esters is 8. The third-order valence-corrected chi connectivity index (χ3v) is 15.1. The number of benzene rings is 8. The third kappa shape index (κ3) is 16.7. The van der Waals surface area contributed by atoms with E-state index in [1.807, 2.05) is 123 Å². The van der Waals surface area contributed by atoms with Gasteiger partial charge in [-0.05, 0) is 131 Å². The van der Waals surface area contributed by atoms with E-state index < -0.39 is 130 Å². The summed E-state index contributed by atoms with van der Waals surface area (Å²) in [6.07, 6.45) is 0. The lowest BCUT2D eigenvalue weighted by molar-refractivity contribution is -0.180. The molecule has 1 unspecified atom stereocenters. The second kappa shape index (κ2) is 28.8. The molecule has 0 amide bonds. The Morgan fingerprint density at radius 1 is 0.310 bits per heavy atom. The van der Waals surface area contributed by atoms with Gasteiger partial charge < -0.3 is 47.4 Å². The molecule has 8 aromatic rings. The van der Waals surface area contributed by atoms with Gasteiger partial charge >= 0.3 is 47.8 Å². The van der Waals surface area contributed by atoms with Crippen molar-refractivity contribution < 1.29 is 85.7 Å². The second-order valence-electron chi connectivity index (χ2n) is 21.6. The number of carbonyl (C=O) groups is 8. The molecule has 0 spiro atoms. The molecule has 0 N–H and O–H groups in total. The fraction of sp³-hybridized carbons (Fsp3) is 0.304. The number of hydrogen-bond donors (Lipinski definition) is 0. The molecule has 0 saturated carbocycles. The van der Waals surface area contributed by atoms with Crippen LogP contribution in [0.4, 0.5) is 0 Å². The van der Waals surface area contributed by atoms with E-state index in [0.717, 1.165) is 54.2 Å². The van der Waals surface area contributed by atoms with E-state index >= 15 is 0 Å². The number of methoxy groups -OCH3 is 2. The Morgan fingerprint density at radius 2 is 0.540 bits per heavy atom. The Bertz CT molecular complexity index is 3630. The molecule has 0 aromatic heterocycles. The van der Waals surface area contributed by atoms with Crippen LogP contribution >= 0.6 is 0 Å². The van der Waals surface area contributed by atoms with Crippen LogP contribution in [0.15, 0.2) is 146 Å². The number of rotatable bonds is 26. The van der Waals surface area contributed by atoms with Gasteiger partial charge in [-0.2, -0.15) is 0 Å². The van der Waals surface area contributed by atoms with Gasteiger partial charge in [0, 0.05) is 0 Å². The van der Waals surface area contributed by atoms with E-state index in [9.17, 15) is 38.4 Å². The van der Waals surface area contributed by atoms with Crippen LogP contribution in [0.1, 0.15) is 84.7 Å². The van der Waals surface area contributed by atoms with Gasteiger partial charge in [-0.15, -0.1) is 0 Å². The molecule has 0 heterocycles. The minimum Gasteiger partial charge on any atom is -0.497 e.